The average molecular weight is 339 g/mol. The van der Waals surface area contributed by atoms with Crippen LogP contribution in [0.5, 0.6) is 0 Å². The summed E-state index contributed by atoms with van der Waals surface area (Å²) in [6, 6.07) is 10.2. The third kappa shape index (κ3) is 2.93. The zero-order valence-electron chi connectivity index (χ0n) is 13.9. The third-order valence-electron chi connectivity index (χ3n) is 4.42. The molecule has 0 N–H and O–H groups in total. The van der Waals surface area contributed by atoms with E-state index in [9.17, 15) is 9.18 Å². The van der Waals surface area contributed by atoms with Crippen LogP contribution in [0.2, 0.25) is 0 Å². The summed E-state index contributed by atoms with van der Waals surface area (Å²) in [5.41, 5.74) is 2.56. The molecule has 0 bridgehead atoms. The smallest absolute Gasteiger partial charge is 0.274 e. The maximum Gasteiger partial charge on any atom is 0.274 e. The first kappa shape index (κ1) is 15.6. The van der Waals surface area contributed by atoms with Crippen LogP contribution >= 0.6 is 0 Å². The number of rotatable bonds is 2. The van der Waals surface area contributed by atoms with E-state index in [0.717, 1.165) is 11.3 Å². The molecule has 1 saturated heterocycles. The normalized spacial score (nSPS) is 15.0. The van der Waals surface area contributed by atoms with Gasteiger partial charge in [-0.15, -0.1) is 0 Å². The summed E-state index contributed by atoms with van der Waals surface area (Å²) in [6.45, 7) is 4.15. The first-order valence-corrected chi connectivity index (χ1v) is 8.23. The van der Waals surface area contributed by atoms with Crippen molar-refractivity contribution in [3.05, 3.63) is 59.8 Å². The highest BCUT2D eigenvalue weighted by Crippen LogP contribution is 2.20. The molecule has 0 spiro atoms. The number of carbonyl (C=O) groups is 1. The predicted molar refractivity (Wildman–Crippen MR) is 92.2 cm³/mol. The summed E-state index contributed by atoms with van der Waals surface area (Å²) in [6.07, 6.45) is 1.79. The number of anilines is 1. The van der Waals surface area contributed by atoms with Gasteiger partial charge >= 0.3 is 0 Å². The molecule has 7 heteroatoms. The van der Waals surface area contributed by atoms with Crippen molar-refractivity contribution in [2.45, 2.75) is 6.92 Å². The Bertz CT molecular complexity index is 930. The molecule has 3 aromatic rings. The second kappa shape index (κ2) is 6.16. The number of aromatic nitrogens is 3. The van der Waals surface area contributed by atoms with E-state index in [1.807, 2.05) is 17.9 Å². The number of imidazole rings is 1. The van der Waals surface area contributed by atoms with Gasteiger partial charge in [0, 0.05) is 26.2 Å². The molecule has 0 radical (unpaired) electrons. The summed E-state index contributed by atoms with van der Waals surface area (Å²) in [4.78, 5) is 20.7. The minimum atomic E-state index is -0.232. The first-order valence-electron chi connectivity index (χ1n) is 8.23. The average Bonchev–Trinajstić information content (AvgIpc) is 3.01. The van der Waals surface area contributed by atoms with Crippen LogP contribution in [0.15, 0.2) is 42.6 Å². The Balaban J connectivity index is 1.48. The number of hydrogen-bond acceptors (Lipinski definition) is 4. The van der Waals surface area contributed by atoms with Gasteiger partial charge in [-0.05, 0) is 31.2 Å². The molecule has 1 aromatic carbocycles. The van der Waals surface area contributed by atoms with Crippen LogP contribution in [0.4, 0.5) is 10.1 Å². The number of benzene rings is 1. The van der Waals surface area contributed by atoms with Gasteiger partial charge in [0.05, 0.1) is 17.6 Å². The van der Waals surface area contributed by atoms with E-state index in [1.54, 1.807) is 39.9 Å². The molecule has 3 heterocycles. The molecule has 25 heavy (non-hydrogen) atoms. The molecule has 1 aliphatic rings. The van der Waals surface area contributed by atoms with Crippen LogP contribution in [0, 0.1) is 12.7 Å². The van der Waals surface area contributed by atoms with Crippen molar-refractivity contribution in [2.75, 3.05) is 31.1 Å². The number of nitrogens with zero attached hydrogens (tertiary/aromatic N) is 5. The second-order valence-electron chi connectivity index (χ2n) is 6.13. The van der Waals surface area contributed by atoms with Crippen LogP contribution in [0.25, 0.3) is 5.65 Å². The maximum absolute atomic E-state index is 13.9. The minimum Gasteiger partial charge on any atom is -0.366 e. The molecule has 128 valence electrons. The lowest BCUT2D eigenvalue weighted by molar-refractivity contribution is 0.0739. The molecule has 0 unspecified atom stereocenters. The molecule has 1 amide bonds. The number of halogens is 1. The van der Waals surface area contributed by atoms with Crippen LogP contribution in [0.3, 0.4) is 0 Å². The van der Waals surface area contributed by atoms with E-state index in [-0.39, 0.29) is 11.7 Å². The zero-order valence-corrected chi connectivity index (χ0v) is 13.9. The second-order valence-corrected chi connectivity index (χ2v) is 6.13. The standard InChI is InChI=1S/C18H18FN5O/c1-13-12-24-17(20-13)7-6-15(21-24)18(25)23-10-8-22(9-11-23)16-5-3-2-4-14(16)19/h2-7,12H,8-11H2,1H3. The quantitative estimate of drug-likeness (QED) is 0.718. The van der Waals surface area contributed by atoms with E-state index >= 15 is 0 Å². The van der Waals surface area contributed by atoms with E-state index in [2.05, 4.69) is 10.1 Å². The van der Waals surface area contributed by atoms with E-state index < -0.39 is 0 Å². The van der Waals surface area contributed by atoms with Gasteiger partial charge < -0.3 is 9.80 Å². The molecule has 1 fully saturated rings. The van der Waals surface area contributed by atoms with Gasteiger partial charge in [-0.1, -0.05) is 12.1 Å². The lowest BCUT2D eigenvalue weighted by Crippen LogP contribution is -2.49. The van der Waals surface area contributed by atoms with Gasteiger partial charge in [0.1, 0.15) is 11.5 Å². The largest absolute Gasteiger partial charge is 0.366 e. The van der Waals surface area contributed by atoms with Gasteiger partial charge in [-0.25, -0.2) is 13.9 Å². The van der Waals surface area contributed by atoms with Gasteiger partial charge in [-0.3, -0.25) is 4.79 Å². The molecule has 0 aliphatic carbocycles. The minimum absolute atomic E-state index is 0.110. The summed E-state index contributed by atoms with van der Waals surface area (Å²) < 4.78 is 15.5. The first-order chi connectivity index (χ1) is 12.1. The van der Waals surface area contributed by atoms with Crippen molar-refractivity contribution in [2.24, 2.45) is 0 Å². The molecule has 6 nitrogen and oxygen atoms in total. The van der Waals surface area contributed by atoms with E-state index in [1.165, 1.54) is 6.07 Å². The molecule has 2 aromatic heterocycles. The van der Waals surface area contributed by atoms with Crippen LogP contribution in [-0.2, 0) is 0 Å². The molecule has 0 atom stereocenters. The highest BCUT2D eigenvalue weighted by Gasteiger charge is 2.24. The Morgan fingerprint density at radius 2 is 1.84 bits per heavy atom. The van der Waals surface area contributed by atoms with Crippen LogP contribution < -0.4 is 4.90 Å². The predicted octanol–water partition coefficient (Wildman–Crippen LogP) is 2.14. The molecular weight excluding hydrogens is 321 g/mol. The topological polar surface area (TPSA) is 53.7 Å². The van der Waals surface area contributed by atoms with E-state index in [0.29, 0.717) is 37.6 Å². The SMILES string of the molecule is Cc1cn2nc(C(=O)N3CCN(c4ccccc4F)CC3)ccc2n1. The molecule has 1 aliphatic heterocycles. The molecule has 0 saturated carbocycles. The fraction of sp³-hybridized carbons (Fsp3) is 0.278. The number of aryl methyl sites for hydroxylation is 1. The summed E-state index contributed by atoms with van der Waals surface area (Å²) in [5.74, 6) is -0.341. The number of piperazine rings is 1. The van der Waals surface area contributed by atoms with Crippen molar-refractivity contribution in [3.63, 3.8) is 0 Å². The fourth-order valence-corrected chi connectivity index (χ4v) is 3.14. The van der Waals surface area contributed by atoms with Gasteiger partial charge in [0.25, 0.3) is 5.91 Å². The van der Waals surface area contributed by atoms with Crippen molar-refractivity contribution < 1.29 is 9.18 Å². The number of amides is 1. The Morgan fingerprint density at radius 1 is 1.08 bits per heavy atom. The third-order valence-corrected chi connectivity index (χ3v) is 4.42. The molecular formula is C18H18FN5O. The highest BCUT2D eigenvalue weighted by atomic mass is 19.1. The van der Waals surface area contributed by atoms with E-state index in [4.69, 9.17) is 0 Å². The Labute approximate surface area is 144 Å². The number of fused-ring (bicyclic) bond motifs is 1. The van der Waals surface area contributed by atoms with Gasteiger partial charge in [0.2, 0.25) is 0 Å². The maximum atomic E-state index is 13.9. The van der Waals surface area contributed by atoms with Gasteiger partial charge in [0.15, 0.2) is 5.65 Å². The van der Waals surface area contributed by atoms with Crippen molar-refractivity contribution >= 4 is 17.2 Å². The van der Waals surface area contributed by atoms with Crippen LogP contribution in [-0.4, -0.2) is 51.6 Å². The van der Waals surface area contributed by atoms with Gasteiger partial charge in [-0.2, -0.15) is 5.10 Å². The Morgan fingerprint density at radius 3 is 2.60 bits per heavy atom. The Kier molecular flexibility index (Phi) is 3.83. The van der Waals surface area contributed by atoms with Crippen molar-refractivity contribution in [3.8, 4) is 0 Å². The Hall–Kier alpha value is -2.96. The molecule has 4 rings (SSSR count). The van der Waals surface area contributed by atoms with Crippen molar-refractivity contribution in [1.82, 2.24) is 19.5 Å². The number of carbonyl (C=O) groups excluding carboxylic acids is 1. The van der Waals surface area contributed by atoms with Crippen LogP contribution in [0.1, 0.15) is 16.2 Å². The number of hydrogen-bond donors (Lipinski definition) is 0. The summed E-state index contributed by atoms with van der Waals surface area (Å²) in [5, 5.41) is 4.35. The lowest BCUT2D eigenvalue weighted by Gasteiger charge is -2.36. The summed E-state index contributed by atoms with van der Waals surface area (Å²) in [7, 11) is 0. The lowest BCUT2D eigenvalue weighted by atomic mass is 10.2. The highest BCUT2D eigenvalue weighted by molar-refractivity contribution is 5.92. The number of para-hydroxylation sites is 1. The fourth-order valence-electron chi connectivity index (χ4n) is 3.14. The summed E-state index contributed by atoms with van der Waals surface area (Å²) >= 11 is 0. The van der Waals surface area contributed by atoms with Crippen molar-refractivity contribution in [1.29, 1.82) is 0 Å². The monoisotopic (exact) mass is 339 g/mol. The zero-order chi connectivity index (χ0) is 17.4.